The summed E-state index contributed by atoms with van der Waals surface area (Å²) in [7, 11) is -0.806. The molecule has 0 aliphatic carbocycles. The molecule has 3 amide bonds. The van der Waals surface area contributed by atoms with Crippen molar-refractivity contribution in [2.24, 2.45) is 5.92 Å². The molecule has 10 nitrogen and oxygen atoms in total. The van der Waals surface area contributed by atoms with Gasteiger partial charge in [0, 0.05) is 45.3 Å². The van der Waals surface area contributed by atoms with E-state index < -0.39 is 15.8 Å². The van der Waals surface area contributed by atoms with E-state index in [1.165, 1.54) is 23.1 Å². The summed E-state index contributed by atoms with van der Waals surface area (Å²) in [4.78, 5) is 29.5. The number of nitrogens with zero attached hydrogens (tertiary/aromatic N) is 2. The minimum Gasteiger partial charge on any atom is -0.491 e. The maximum atomic E-state index is 13.4. The van der Waals surface area contributed by atoms with Gasteiger partial charge in [-0.2, -0.15) is 0 Å². The van der Waals surface area contributed by atoms with Gasteiger partial charge in [0.2, 0.25) is 0 Å². The predicted octanol–water partition coefficient (Wildman–Crippen LogP) is 3.55. The lowest BCUT2D eigenvalue weighted by Gasteiger charge is -2.36. The molecule has 2 aromatic carbocycles. The van der Waals surface area contributed by atoms with Crippen LogP contribution in [0.25, 0.3) is 0 Å². The van der Waals surface area contributed by atoms with Crippen molar-refractivity contribution in [1.82, 2.24) is 15.1 Å². The first-order valence-electron chi connectivity index (χ1n) is 12.7. The van der Waals surface area contributed by atoms with Gasteiger partial charge in [0.05, 0.1) is 28.3 Å². The first-order valence-corrected chi connectivity index (χ1v) is 14.2. The molecule has 2 aromatic rings. The first kappa shape index (κ1) is 30.2. The number of carbonyl (C=O) groups excluding carboxylic acids is 2. The highest BCUT2D eigenvalue weighted by atomic mass is 32.2. The molecular formula is C27H37FN4O6S. The monoisotopic (exact) mass is 564 g/mol. The summed E-state index contributed by atoms with van der Waals surface area (Å²) in [6, 6.07) is 8.11. The third-order valence-electron chi connectivity index (χ3n) is 6.50. The SMILES string of the molecule is CO[C@@H]1CN(C)C(=O)c2ccc(NS(=O)(=O)c3ccc(F)cc3)cc2OC[C@@H](C)N(C(=O)NC(C)C)C[C@H]1C. The Labute approximate surface area is 229 Å². The van der Waals surface area contributed by atoms with Gasteiger partial charge in [-0.25, -0.2) is 17.6 Å². The van der Waals surface area contributed by atoms with Crippen LogP contribution in [0.15, 0.2) is 47.4 Å². The van der Waals surface area contributed by atoms with Gasteiger partial charge in [-0.1, -0.05) is 6.92 Å². The zero-order valence-electron chi connectivity index (χ0n) is 23.1. The van der Waals surface area contributed by atoms with E-state index in [0.717, 1.165) is 24.3 Å². The topological polar surface area (TPSA) is 117 Å². The molecule has 0 saturated heterocycles. The fraction of sp³-hybridized carbons (Fsp3) is 0.481. The quantitative estimate of drug-likeness (QED) is 0.574. The highest BCUT2D eigenvalue weighted by Gasteiger charge is 2.30. The number of hydrogen-bond donors (Lipinski definition) is 2. The molecular weight excluding hydrogens is 527 g/mol. The van der Waals surface area contributed by atoms with Crippen LogP contribution in [-0.2, 0) is 14.8 Å². The number of methoxy groups -OCH3 is 1. The van der Waals surface area contributed by atoms with Crippen LogP contribution < -0.4 is 14.8 Å². The maximum Gasteiger partial charge on any atom is 0.317 e. The second-order valence-electron chi connectivity index (χ2n) is 10.1. The Morgan fingerprint density at radius 2 is 1.79 bits per heavy atom. The molecule has 3 rings (SSSR count). The van der Waals surface area contributed by atoms with Crippen molar-refractivity contribution in [3.8, 4) is 5.75 Å². The van der Waals surface area contributed by atoms with Gasteiger partial charge >= 0.3 is 6.03 Å². The molecule has 1 heterocycles. The molecule has 3 atom stereocenters. The van der Waals surface area contributed by atoms with Crippen LogP contribution in [0.2, 0.25) is 0 Å². The Morgan fingerprint density at radius 3 is 2.41 bits per heavy atom. The van der Waals surface area contributed by atoms with E-state index in [1.54, 1.807) is 19.1 Å². The Kier molecular flexibility index (Phi) is 9.78. The largest absolute Gasteiger partial charge is 0.491 e. The molecule has 2 N–H and O–H groups in total. The number of halogens is 1. The molecule has 0 fully saturated rings. The minimum absolute atomic E-state index is 0.0496. The number of fused-ring (bicyclic) bond motifs is 1. The number of urea groups is 1. The van der Waals surface area contributed by atoms with Crippen LogP contribution in [0.4, 0.5) is 14.9 Å². The number of benzene rings is 2. The van der Waals surface area contributed by atoms with Crippen molar-refractivity contribution in [2.45, 2.75) is 50.8 Å². The highest BCUT2D eigenvalue weighted by molar-refractivity contribution is 7.92. The number of rotatable bonds is 5. The molecule has 1 aliphatic rings. The molecule has 1 aliphatic heterocycles. The summed E-state index contributed by atoms with van der Waals surface area (Å²) in [5.74, 6) is -0.812. The van der Waals surface area contributed by atoms with Gasteiger partial charge in [-0.3, -0.25) is 9.52 Å². The third kappa shape index (κ3) is 7.60. The van der Waals surface area contributed by atoms with E-state index in [4.69, 9.17) is 9.47 Å². The van der Waals surface area contributed by atoms with Crippen molar-refractivity contribution < 1.29 is 31.9 Å². The summed E-state index contributed by atoms with van der Waals surface area (Å²) in [5.41, 5.74) is 0.391. The summed E-state index contributed by atoms with van der Waals surface area (Å²) < 4.78 is 53.2. The van der Waals surface area contributed by atoms with Crippen LogP contribution in [0, 0.1) is 11.7 Å². The van der Waals surface area contributed by atoms with E-state index in [2.05, 4.69) is 10.0 Å². The van der Waals surface area contributed by atoms with Gasteiger partial charge in [0.25, 0.3) is 15.9 Å². The normalized spacial score (nSPS) is 20.9. The average molecular weight is 565 g/mol. The van der Waals surface area contributed by atoms with E-state index in [-0.39, 0.29) is 71.1 Å². The first-order chi connectivity index (χ1) is 18.3. The van der Waals surface area contributed by atoms with Crippen molar-refractivity contribution in [3.63, 3.8) is 0 Å². The van der Waals surface area contributed by atoms with Gasteiger partial charge in [-0.15, -0.1) is 0 Å². The van der Waals surface area contributed by atoms with E-state index in [0.29, 0.717) is 6.54 Å². The van der Waals surface area contributed by atoms with Crippen LogP contribution in [0.1, 0.15) is 38.1 Å². The van der Waals surface area contributed by atoms with Crippen LogP contribution in [0.5, 0.6) is 5.75 Å². The zero-order valence-corrected chi connectivity index (χ0v) is 23.9. The van der Waals surface area contributed by atoms with Gasteiger partial charge in [-0.05, 0) is 57.2 Å². The molecule has 214 valence electrons. The molecule has 0 radical (unpaired) electrons. The fourth-order valence-corrected chi connectivity index (χ4v) is 5.33. The Balaban J connectivity index is 1.97. The fourth-order valence-electron chi connectivity index (χ4n) is 4.28. The number of sulfonamides is 1. The van der Waals surface area contributed by atoms with Crippen molar-refractivity contribution >= 4 is 27.6 Å². The van der Waals surface area contributed by atoms with Gasteiger partial charge < -0.3 is 24.6 Å². The lowest BCUT2D eigenvalue weighted by molar-refractivity contribution is 0.0165. The van der Waals surface area contributed by atoms with E-state index >= 15 is 0 Å². The lowest BCUT2D eigenvalue weighted by atomic mass is 10.0. The van der Waals surface area contributed by atoms with Crippen LogP contribution in [0.3, 0.4) is 0 Å². The number of ether oxygens (including phenoxy) is 2. The van der Waals surface area contributed by atoms with E-state index in [9.17, 15) is 22.4 Å². The van der Waals surface area contributed by atoms with Gasteiger partial charge in [0.15, 0.2) is 0 Å². The third-order valence-corrected chi connectivity index (χ3v) is 7.89. The zero-order chi connectivity index (χ0) is 28.9. The Hall–Kier alpha value is -3.38. The molecule has 0 saturated carbocycles. The molecule has 0 aromatic heterocycles. The Morgan fingerprint density at radius 1 is 1.13 bits per heavy atom. The lowest BCUT2D eigenvalue weighted by Crippen LogP contribution is -2.52. The number of amides is 3. The number of likely N-dealkylation sites (N-methyl/N-ethyl adjacent to an activating group) is 1. The minimum atomic E-state index is -4.03. The maximum absolute atomic E-state index is 13.4. The second-order valence-corrected chi connectivity index (χ2v) is 11.8. The van der Waals surface area contributed by atoms with Crippen molar-refractivity contribution in [2.75, 3.05) is 38.6 Å². The molecule has 39 heavy (non-hydrogen) atoms. The van der Waals surface area contributed by atoms with Crippen molar-refractivity contribution in [1.29, 1.82) is 0 Å². The Bertz CT molecular complexity index is 1270. The molecule has 0 spiro atoms. The number of nitrogens with one attached hydrogen (secondary N) is 2. The second kappa shape index (κ2) is 12.6. The number of hydrogen-bond acceptors (Lipinski definition) is 6. The smallest absolute Gasteiger partial charge is 0.317 e. The standard InChI is InChI=1S/C27H37FN4O6S/c1-17(2)29-27(34)32-14-18(3)25(37-6)15-31(5)26(33)23-12-9-21(13-24(23)38-16-19(32)4)30-39(35,36)22-10-7-20(28)8-11-22/h7-13,17-19,25,30H,14-16H2,1-6H3,(H,29,34)/t18-,19-,25-/m1/s1. The number of carbonyl (C=O) groups is 2. The van der Waals surface area contributed by atoms with Crippen LogP contribution >= 0.6 is 0 Å². The highest BCUT2D eigenvalue weighted by Crippen LogP contribution is 2.28. The molecule has 0 bridgehead atoms. The summed E-state index contributed by atoms with van der Waals surface area (Å²) >= 11 is 0. The van der Waals surface area contributed by atoms with Crippen molar-refractivity contribution in [3.05, 3.63) is 53.8 Å². The van der Waals surface area contributed by atoms with Crippen LogP contribution in [-0.4, -0.2) is 82.2 Å². The van der Waals surface area contributed by atoms with E-state index in [1.807, 2.05) is 27.7 Å². The molecule has 0 unspecified atom stereocenters. The molecule has 12 heteroatoms. The summed E-state index contributed by atoms with van der Waals surface area (Å²) in [6.07, 6.45) is -0.342. The summed E-state index contributed by atoms with van der Waals surface area (Å²) in [6.45, 7) is 8.25. The van der Waals surface area contributed by atoms with Gasteiger partial charge in [0.1, 0.15) is 18.2 Å². The average Bonchev–Trinajstić information content (AvgIpc) is 2.87. The summed E-state index contributed by atoms with van der Waals surface area (Å²) in [5, 5.41) is 2.92. The number of anilines is 1. The predicted molar refractivity (Wildman–Crippen MR) is 146 cm³/mol.